The van der Waals surface area contributed by atoms with Crippen LogP contribution in [0.15, 0.2) is 53.4 Å². The second kappa shape index (κ2) is 8.22. The molecule has 0 heterocycles. The Bertz CT molecular complexity index is 792. The van der Waals surface area contributed by atoms with Crippen molar-refractivity contribution in [3.63, 3.8) is 0 Å². The highest BCUT2D eigenvalue weighted by molar-refractivity contribution is 7.92. The van der Waals surface area contributed by atoms with E-state index in [4.69, 9.17) is 10.5 Å². The Morgan fingerprint density at radius 1 is 1.04 bits per heavy atom. The Morgan fingerprint density at radius 2 is 1.72 bits per heavy atom. The van der Waals surface area contributed by atoms with Gasteiger partial charge in [0.25, 0.3) is 10.0 Å². The van der Waals surface area contributed by atoms with Crippen LogP contribution in [0.4, 0.5) is 11.4 Å². The van der Waals surface area contributed by atoms with Gasteiger partial charge in [-0.05, 0) is 51.3 Å². The quantitative estimate of drug-likeness (QED) is 0.729. The summed E-state index contributed by atoms with van der Waals surface area (Å²) in [7, 11) is 1.76. The van der Waals surface area contributed by atoms with Crippen LogP contribution >= 0.6 is 0 Å². The molecule has 2 aromatic carbocycles. The monoisotopic (exact) mass is 363 g/mol. The Kier molecular flexibility index (Phi) is 6.27. The van der Waals surface area contributed by atoms with Crippen molar-refractivity contribution in [1.82, 2.24) is 4.90 Å². The van der Waals surface area contributed by atoms with E-state index in [2.05, 4.69) is 0 Å². The van der Waals surface area contributed by atoms with Gasteiger partial charge in [-0.3, -0.25) is 4.31 Å². The second-order valence-corrected chi connectivity index (χ2v) is 7.83. The van der Waals surface area contributed by atoms with Crippen molar-refractivity contribution in [2.45, 2.75) is 11.3 Å². The number of nitrogens with zero attached hydrogens (tertiary/aromatic N) is 2. The van der Waals surface area contributed by atoms with E-state index in [9.17, 15) is 8.42 Å². The molecular weight excluding hydrogens is 338 g/mol. The molecule has 0 unspecified atom stereocenters. The summed E-state index contributed by atoms with van der Waals surface area (Å²) in [6, 6.07) is 13.4. The van der Waals surface area contributed by atoms with E-state index in [1.807, 2.05) is 19.0 Å². The third kappa shape index (κ3) is 4.64. The summed E-state index contributed by atoms with van der Waals surface area (Å²) >= 11 is 0. The molecule has 2 aromatic rings. The first kappa shape index (κ1) is 19.1. The van der Waals surface area contributed by atoms with E-state index in [0.29, 0.717) is 30.1 Å². The Balaban J connectivity index is 2.43. The van der Waals surface area contributed by atoms with Crippen molar-refractivity contribution < 1.29 is 13.2 Å². The molecule has 0 fully saturated rings. The normalized spacial score (nSPS) is 11.5. The van der Waals surface area contributed by atoms with Gasteiger partial charge in [0.2, 0.25) is 0 Å². The Morgan fingerprint density at radius 3 is 2.28 bits per heavy atom. The van der Waals surface area contributed by atoms with Crippen LogP contribution in [0, 0.1) is 0 Å². The lowest BCUT2D eigenvalue weighted by Crippen LogP contribution is -2.34. The van der Waals surface area contributed by atoms with Gasteiger partial charge in [-0.15, -0.1) is 0 Å². The van der Waals surface area contributed by atoms with Crippen LogP contribution in [0.2, 0.25) is 0 Å². The molecule has 0 aliphatic carbocycles. The minimum atomic E-state index is -3.70. The maximum absolute atomic E-state index is 13.1. The van der Waals surface area contributed by atoms with Crippen LogP contribution in [0.3, 0.4) is 0 Å². The summed E-state index contributed by atoms with van der Waals surface area (Å²) in [6.45, 7) is 1.11. The first-order valence-corrected chi connectivity index (χ1v) is 9.46. The second-order valence-electron chi connectivity index (χ2n) is 5.97. The molecule has 0 amide bonds. The fourth-order valence-corrected chi connectivity index (χ4v) is 4.06. The number of anilines is 2. The van der Waals surface area contributed by atoms with Gasteiger partial charge < -0.3 is 15.4 Å². The van der Waals surface area contributed by atoms with Crippen molar-refractivity contribution in [2.24, 2.45) is 0 Å². The summed E-state index contributed by atoms with van der Waals surface area (Å²) in [6.07, 6.45) is 0.685. The summed E-state index contributed by atoms with van der Waals surface area (Å²) < 4.78 is 32.8. The topological polar surface area (TPSA) is 75.9 Å². The van der Waals surface area contributed by atoms with Gasteiger partial charge >= 0.3 is 0 Å². The first-order valence-electron chi connectivity index (χ1n) is 8.02. The zero-order valence-electron chi connectivity index (χ0n) is 14.8. The van der Waals surface area contributed by atoms with Crippen LogP contribution in [0.5, 0.6) is 5.75 Å². The van der Waals surface area contributed by atoms with Gasteiger partial charge in [0, 0.05) is 12.6 Å². The van der Waals surface area contributed by atoms with Crippen molar-refractivity contribution in [1.29, 1.82) is 0 Å². The molecule has 0 aliphatic rings. The Hall–Kier alpha value is -2.25. The zero-order chi connectivity index (χ0) is 18.4. The van der Waals surface area contributed by atoms with Crippen molar-refractivity contribution in [2.75, 3.05) is 44.3 Å². The highest BCUT2D eigenvalue weighted by Crippen LogP contribution is 2.32. The molecule has 0 atom stereocenters. The molecule has 2 rings (SSSR count). The van der Waals surface area contributed by atoms with Crippen LogP contribution in [-0.2, 0) is 10.0 Å². The standard InChI is InChI=1S/C18H25N3O3S/c1-20(2)12-7-13-21(18-11-10-15(24-3)14-17(18)19)25(22,23)16-8-5-4-6-9-16/h4-6,8-11,14H,7,12-13,19H2,1-3H3. The Labute approximate surface area is 149 Å². The molecule has 136 valence electrons. The smallest absolute Gasteiger partial charge is 0.264 e. The highest BCUT2D eigenvalue weighted by Gasteiger charge is 2.26. The van der Waals surface area contributed by atoms with Gasteiger partial charge in [-0.25, -0.2) is 8.42 Å². The minimum Gasteiger partial charge on any atom is -0.497 e. The maximum Gasteiger partial charge on any atom is 0.264 e. The number of nitrogen functional groups attached to an aromatic ring is 1. The number of methoxy groups -OCH3 is 1. The number of hydrogen-bond acceptors (Lipinski definition) is 5. The number of rotatable bonds is 8. The SMILES string of the molecule is COc1ccc(N(CCCN(C)C)S(=O)(=O)c2ccccc2)c(N)c1. The van der Waals surface area contributed by atoms with Gasteiger partial charge in [0.15, 0.2) is 0 Å². The number of sulfonamides is 1. The number of hydrogen-bond donors (Lipinski definition) is 1. The fraction of sp³-hybridized carbons (Fsp3) is 0.333. The molecule has 7 heteroatoms. The van der Waals surface area contributed by atoms with Crippen LogP contribution in [-0.4, -0.2) is 47.6 Å². The van der Waals surface area contributed by atoms with Crippen LogP contribution in [0.25, 0.3) is 0 Å². The lowest BCUT2D eigenvalue weighted by molar-refractivity contribution is 0.403. The predicted molar refractivity (Wildman–Crippen MR) is 102 cm³/mol. The lowest BCUT2D eigenvalue weighted by Gasteiger charge is -2.26. The molecular formula is C18H25N3O3S. The molecule has 0 aliphatic heterocycles. The summed E-state index contributed by atoms with van der Waals surface area (Å²) in [5.41, 5.74) is 6.93. The van der Waals surface area contributed by atoms with Crippen LogP contribution in [0.1, 0.15) is 6.42 Å². The summed E-state index contributed by atoms with van der Waals surface area (Å²) in [5, 5.41) is 0. The van der Waals surface area contributed by atoms with Gasteiger partial charge in [-0.1, -0.05) is 18.2 Å². The third-order valence-corrected chi connectivity index (χ3v) is 5.63. The largest absolute Gasteiger partial charge is 0.497 e. The number of nitrogens with two attached hydrogens (primary N) is 1. The molecule has 25 heavy (non-hydrogen) atoms. The molecule has 0 saturated carbocycles. The number of benzene rings is 2. The predicted octanol–water partition coefficient (Wildman–Crippen LogP) is 2.42. The summed E-state index contributed by atoms with van der Waals surface area (Å²) in [4.78, 5) is 2.26. The number of ether oxygens (including phenoxy) is 1. The van der Waals surface area contributed by atoms with Crippen molar-refractivity contribution >= 4 is 21.4 Å². The van der Waals surface area contributed by atoms with Gasteiger partial charge in [0.1, 0.15) is 5.75 Å². The van der Waals surface area contributed by atoms with Gasteiger partial charge in [-0.2, -0.15) is 0 Å². The van der Waals surface area contributed by atoms with Crippen LogP contribution < -0.4 is 14.8 Å². The molecule has 0 saturated heterocycles. The molecule has 0 spiro atoms. The summed E-state index contributed by atoms with van der Waals surface area (Å²) in [5.74, 6) is 0.589. The average molecular weight is 363 g/mol. The maximum atomic E-state index is 13.1. The third-order valence-electron chi connectivity index (χ3n) is 3.80. The zero-order valence-corrected chi connectivity index (χ0v) is 15.7. The molecule has 6 nitrogen and oxygen atoms in total. The van der Waals surface area contributed by atoms with E-state index in [-0.39, 0.29) is 4.90 Å². The lowest BCUT2D eigenvalue weighted by atomic mass is 10.2. The molecule has 0 radical (unpaired) electrons. The minimum absolute atomic E-state index is 0.245. The van der Waals surface area contributed by atoms with E-state index < -0.39 is 10.0 Å². The van der Waals surface area contributed by atoms with E-state index >= 15 is 0 Å². The molecule has 0 aromatic heterocycles. The average Bonchev–Trinajstić information content (AvgIpc) is 2.59. The van der Waals surface area contributed by atoms with Crippen molar-refractivity contribution in [3.05, 3.63) is 48.5 Å². The van der Waals surface area contributed by atoms with E-state index in [1.165, 1.54) is 4.31 Å². The fourth-order valence-electron chi connectivity index (χ4n) is 2.51. The van der Waals surface area contributed by atoms with Crippen molar-refractivity contribution in [3.8, 4) is 5.75 Å². The van der Waals surface area contributed by atoms with E-state index in [0.717, 1.165) is 6.54 Å². The molecule has 0 bridgehead atoms. The first-order chi connectivity index (χ1) is 11.9. The molecule has 2 N–H and O–H groups in total. The van der Waals surface area contributed by atoms with Gasteiger partial charge in [0.05, 0.1) is 23.4 Å². The highest BCUT2D eigenvalue weighted by atomic mass is 32.2. The van der Waals surface area contributed by atoms with E-state index in [1.54, 1.807) is 55.6 Å².